The lowest BCUT2D eigenvalue weighted by Gasteiger charge is -2.19. The maximum atomic E-state index is 12.3. The van der Waals surface area contributed by atoms with E-state index in [1.54, 1.807) is 24.0 Å². The van der Waals surface area contributed by atoms with Crippen LogP contribution in [-0.2, 0) is 9.59 Å². The van der Waals surface area contributed by atoms with Crippen LogP contribution in [0.1, 0.15) is 31.1 Å². The number of anilines is 1. The molecule has 1 atom stereocenters. The summed E-state index contributed by atoms with van der Waals surface area (Å²) >= 11 is 6.19. The number of likely N-dealkylation sites (N-methyl/N-ethyl adjacent to an activating group) is 1. The topological polar surface area (TPSA) is 101 Å². The zero-order valence-electron chi connectivity index (χ0n) is 16.5. The van der Waals surface area contributed by atoms with Crippen LogP contribution in [0.4, 0.5) is 5.69 Å². The van der Waals surface area contributed by atoms with E-state index in [0.29, 0.717) is 30.1 Å². The van der Waals surface area contributed by atoms with Gasteiger partial charge in [-0.2, -0.15) is 0 Å². The molecule has 1 unspecified atom stereocenters. The highest BCUT2D eigenvalue weighted by atomic mass is 35.5. The molecule has 0 aliphatic carbocycles. The maximum Gasteiger partial charge on any atom is 0.260 e. The van der Waals surface area contributed by atoms with Crippen molar-refractivity contribution in [2.24, 2.45) is 0 Å². The van der Waals surface area contributed by atoms with E-state index >= 15 is 0 Å². The second-order valence-electron chi connectivity index (χ2n) is 6.20. The van der Waals surface area contributed by atoms with Gasteiger partial charge in [-0.25, -0.2) is 0 Å². The summed E-state index contributed by atoms with van der Waals surface area (Å²) in [6.07, 6.45) is 2.67. The average molecular weight is 422 g/mol. The van der Waals surface area contributed by atoms with Crippen molar-refractivity contribution in [1.29, 1.82) is 0 Å². The lowest BCUT2D eigenvalue weighted by molar-refractivity contribution is -0.133. The third kappa shape index (κ3) is 6.25. The molecule has 0 fully saturated rings. The average Bonchev–Trinajstić information content (AvgIpc) is 3.23. The van der Waals surface area contributed by atoms with E-state index in [0.717, 1.165) is 0 Å². The second-order valence-corrected chi connectivity index (χ2v) is 6.60. The molecular weight excluding hydrogens is 398 g/mol. The minimum atomic E-state index is -0.779. The molecule has 1 heterocycles. The van der Waals surface area contributed by atoms with Gasteiger partial charge in [-0.3, -0.25) is 14.4 Å². The Hall–Kier alpha value is -3.00. The van der Waals surface area contributed by atoms with Crippen molar-refractivity contribution in [3.63, 3.8) is 0 Å². The number of ether oxygens (including phenoxy) is 1. The number of nitrogens with zero attached hydrogens (tertiary/aromatic N) is 1. The van der Waals surface area contributed by atoms with Gasteiger partial charge in [0.05, 0.1) is 16.8 Å². The molecule has 156 valence electrons. The molecular formula is C20H24ClN3O5. The third-order valence-corrected chi connectivity index (χ3v) is 4.49. The highest BCUT2D eigenvalue weighted by Crippen LogP contribution is 2.27. The maximum absolute atomic E-state index is 12.3. The van der Waals surface area contributed by atoms with Crippen molar-refractivity contribution in [3.8, 4) is 5.75 Å². The molecule has 8 nitrogen and oxygen atoms in total. The van der Waals surface area contributed by atoms with E-state index in [1.165, 1.54) is 24.7 Å². The van der Waals surface area contributed by atoms with E-state index in [9.17, 15) is 14.4 Å². The molecule has 2 rings (SSSR count). The van der Waals surface area contributed by atoms with Gasteiger partial charge in [-0.05, 0) is 45.0 Å². The lowest BCUT2D eigenvalue weighted by atomic mass is 10.2. The van der Waals surface area contributed by atoms with Gasteiger partial charge < -0.3 is 24.7 Å². The van der Waals surface area contributed by atoms with Crippen molar-refractivity contribution >= 4 is 35.0 Å². The molecule has 0 saturated carbocycles. The van der Waals surface area contributed by atoms with Gasteiger partial charge in [0, 0.05) is 18.8 Å². The van der Waals surface area contributed by atoms with Gasteiger partial charge in [0.2, 0.25) is 5.91 Å². The van der Waals surface area contributed by atoms with Crippen molar-refractivity contribution < 1.29 is 23.5 Å². The van der Waals surface area contributed by atoms with E-state index in [1.807, 2.05) is 13.8 Å². The summed E-state index contributed by atoms with van der Waals surface area (Å²) in [5, 5.41) is 5.50. The van der Waals surface area contributed by atoms with E-state index in [2.05, 4.69) is 10.6 Å². The fourth-order valence-electron chi connectivity index (χ4n) is 2.49. The van der Waals surface area contributed by atoms with Crippen molar-refractivity contribution in [2.45, 2.75) is 26.8 Å². The summed E-state index contributed by atoms with van der Waals surface area (Å²) in [7, 11) is 0. The summed E-state index contributed by atoms with van der Waals surface area (Å²) in [5.41, 5.74) is 0.764. The number of carbonyl (C=O) groups is 3. The first-order valence-electron chi connectivity index (χ1n) is 9.19. The monoisotopic (exact) mass is 421 g/mol. The number of benzene rings is 1. The summed E-state index contributed by atoms with van der Waals surface area (Å²) in [6.45, 7) is 6.43. The first-order valence-corrected chi connectivity index (χ1v) is 9.57. The van der Waals surface area contributed by atoms with Crippen LogP contribution < -0.4 is 15.4 Å². The molecule has 0 aliphatic heterocycles. The number of rotatable bonds is 9. The standard InChI is InChI=1S/C20H24ClN3O5/c1-4-24(5-2)18(25)12-29-17-7-6-15(10-16(17)21)23-19(26)13(3)22-20(27)14-8-9-28-11-14/h6-11,13H,4-5,12H2,1-3H3,(H,22,27)(H,23,26). The molecule has 2 aromatic rings. The number of halogens is 1. The van der Waals surface area contributed by atoms with Gasteiger partial charge in [0.25, 0.3) is 11.8 Å². The first kappa shape index (κ1) is 22.3. The third-order valence-electron chi connectivity index (χ3n) is 4.19. The molecule has 0 spiro atoms. The smallest absolute Gasteiger partial charge is 0.260 e. The van der Waals surface area contributed by atoms with E-state index in [-0.39, 0.29) is 17.5 Å². The Morgan fingerprint density at radius 2 is 1.93 bits per heavy atom. The Kier molecular flexibility index (Phi) is 8.09. The van der Waals surface area contributed by atoms with Gasteiger partial charge in [0.1, 0.15) is 18.1 Å². The number of nitrogens with one attached hydrogen (secondary N) is 2. The van der Waals surface area contributed by atoms with Crippen LogP contribution in [0, 0.1) is 0 Å². The van der Waals surface area contributed by atoms with Gasteiger partial charge >= 0.3 is 0 Å². The van der Waals surface area contributed by atoms with Crippen LogP contribution in [-0.4, -0.2) is 48.4 Å². The number of carbonyl (C=O) groups excluding carboxylic acids is 3. The van der Waals surface area contributed by atoms with Crippen molar-refractivity contribution in [2.75, 3.05) is 25.0 Å². The molecule has 29 heavy (non-hydrogen) atoms. The zero-order valence-corrected chi connectivity index (χ0v) is 17.3. The molecule has 2 N–H and O–H groups in total. The van der Waals surface area contributed by atoms with Crippen LogP contribution >= 0.6 is 11.6 Å². The highest BCUT2D eigenvalue weighted by molar-refractivity contribution is 6.32. The number of furan rings is 1. The molecule has 0 saturated heterocycles. The number of hydrogen-bond acceptors (Lipinski definition) is 5. The Labute approximate surface area is 174 Å². The first-order chi connectivity index (χ1) is 13.8. The fourth-order valence-corrected chi connectivity index (χ4v) is 2.73. The van der Waals surface area contributed by atoms with Crippen LogP contribution in [0.5, 0.6) is 5.75 Å². The Morgan fingerprint density at radius 3 is 2.52 bits per heavy atom. The Morgan fingerprint density at radius 1 is 1.21 bits per heavy atom. The SMILES string of the molecule is CCN(CC)C(=O)COc1ccc(NC(=O)C(C)NC(=O)c2ccoc2)cc1Cl. The van der Waals surface area contributed by atoms with Crippen LogP contribution in [0.15, 0.2) is 41.2 Å². The Balaban J connectivity index is 1.91. The summed E-state index contributed by atoms with van der Waals surface area (Å²) in [4.78, 5) is 37.9. The van der Waals surface area contributed by atoms with Gasteiger partial charge in [-0.1, -0.05) is 11.6 Å². The molecule has 0 bridgehead atoms. The minimum absolute atomic E-state index is 0.121. The lowest BCUT2D eigenvalue weighted by Crippen LogP contribution is -2.41. The number of amides is 3. The summed E-state index contributed by atoms with van der Waals surface area (Å²) in [6, 6.07) is 5.41. The van der Waals surface area contributed by atoms with E-state index in [4.69, 9.17) is 20.8 Å². The van der Waals surface area contributed by atoms with Gasteiger partial charge in [0.15, 0.2) is 6.61 Å². The fraction of sp³-hybridized carbons (Fsp3) is 0.350. The largest absolute Gasteiger partial charge is 0.482 e. The normalized spacial score (nSPS) is 11.4. The highest BCUT2D eigenvalue weighted by Gasteiger charge is 2.18. The second kappa shape index (κ2) is 10.5. The summed E-state index contributed by atoms with van der Waals surface area (Å²) < 4.78 is 10.3. The predicted molar refractivity (Wildman–Crippen MR) is 109 cm³/mol. The Bertz CT molecular complexity index is 850. The molecule has 0 aliphatic rings. The van der Waals surface area contributed by atoms with Crippen LogP contribution in [0.25, 0.3) is 0 Å². The van der Waals surface area contributed by atoms with Crippen LogP contribution in [0.3, 0.4) is 0 Å². The molecule has 9 heteroatoms. The number of hydrogen-bond donors (Lipinski definition) is 2. The minimum Gasteiger partial charge on any atom is -0.482 e. The molecule has 1 aromatic carbocycles. The van der Waals surface area contributed by atoms with Crippen LogP contribution in [0.2, 0.25) is 5.02 Å². The quantitative estimate of drug-likeness (QED) is 0.648. The summed E-state index contributed by atoms with van der Waals surface area (Å²) in [5.74, 6) is -0.624. The molecule has 1 aromatic heterocycles. The molecule has 0 radical (unpaired) electrons. The van der Waals surface area contributed by atoms with Gasteiger partial charge in [-0.15, -0.1) is 0 Å². The van der Waals surface area contributed by atoms with Crippen molar-refractivity contribution in [3.05, 3.63) is 47.4 Å². The van der Waals surface area contributed by atoms with E-state index < -0.39 is 17.9 Å². The predicted octanol–water partition coefficient (Wildman–Crippen LogP) is 2.94. The molecule has 3 amide bonds. The zero-order chi connectivity index (χ0) is 21.4. The van der Waals surface area contributed by atoms with Crippen molar-refractivity contribution in [1.82, 2.24) is 10.2 Å².